The molecule has 2 aliphatic heterocycles. The summed E-state index contributed by atoms with van der Waals surface area (Å²) in [5, 5.41) is 0. The lowest BCUT2D eigenvalue weighted by atomic mass is 10.1. The summed E-state index contributed by atoms with van der Waals surface area (Å²) in [5.41, 5.74) is 1.26. The molecule has 2 aliphatic rings. The molecule has 0 N–H and O–H groups in total. The molecule has 1 aromatic heterocycles. The van der Waals surface area contributed by atoms with E-state index in [1.54, 1.807) is 12.4 Å². The molecule has 25 heavy (non-hydrogen) atoms. The van der Waals surface area contributed by atoms with Gasteiger partial charge in [0.25, 0.3) is 0 Å². The van der Waals surface area contributed by atoms with E-state index in [0.717, 1.165) is 56.6 Å². The number of hydrogen-bond acceptors (Lipinski definition) is 6. The highest BCUT2D eigenvalue weighted by atomic mass is 16.7. The SMILES string of the molecule is CCC1(C)Oc2ccc(CN3CCN(c4ncccn4)CC3)cc2O1. The van der Waals surface area contributed by atoms with Crippen LogP contribution < -0.4 is 14.4 Å². The number of anilines is 1. The maximum Gasteiger partial charge on any atom is 0.248 e. The number of aromatic nitrogens is 2. The van der Waals surface area contributed by atoms with Crippen LogP contribution >= 0.6 is 0 Å². The Morgan fingerprint density at radius 1 is 1.04 bits per heavy atom. The minimum absolute atomic E-state index is 0.526. The van der Waals surface area contributed by atoms with Gasteiger partial charge in [0.05, 0.1) is 0 Å². The summed E-state index contributed by atoms with van der Waals surface area (Å²) in [6.45, 7) is 8.87. The van der Waals surface area contributed by atoms with Gasteiger partial charge in [0.2, 0.25) is 11.7 Å². The normalized spacial score (nSPS) is 23.0. The van der Waals surface area contributed by atoms with Crippen molar-refractivity contribution in [2.75, 3.05) is 31.1 Å². The molecule has 1 atom stereocenters. The van der Waals surface area contributed by atoms with E-state index >= 15 is 0 Å². The highest BCUT2D eigenvalue weighted by Gasteiger charge is 2.35. The lowest BCUT2D eigenvalue weighted by Gasteiger charge is -2.34. The van der Waals surface area contributed by atoms with Crippen LogP contribution in [0.5, 0.6) is 11.5 Å². The summed E-state index contributed by atoms with van der Waals surface area (Å²) >= 11 is 0. The Labute approximate surface area is 148 Å². The molecular formula is C19H24N4O2. The van der Waals surface area contributed by atoms with Gasteiger partial charge in [0.15, 0.2) is 11.5 Å². The van der Waals surface area contributed by atoms with Crippen molar-refractivity contribution >= 4 is 5.95 Å². The third kappa shape index (κ3) is 3.39. The zero-order valence-corrected chi connectivity index (χ0v) is 14.8. The van der Waals surface area contributed by atoms with Gasteiger partial charge in [-0.1, -0.05) is 13.0 Å². The van der Waals surface area contributed by atoms with Crippen LogP contribution in [-0.2, 0) is 6.54 Å². The third-order valence-electron chi connectivity index (χ3n) is 4.92. The highest BCUT2D eigenvalue weighted by Crippen LogP contribution is 2.41. The first kappa shape index (κ1) is 16.1. The van der Waals surface area contributed by atoms with Crippen LogP contribution in [-0.4, -0.2) is 46.8 Å². The Balaban J connectivity index is 1.36. The Morgan fingerprint density at radius 3 is 2.48 bits per heavy atom. The Morgan fingerprint density at radius 2 is 1.76 bits per heavy atom. The van der Waals surface area contributed by atoms with Gasteiger partial charge in [-0.15, -0.1) is 0 Å². The van der Waals surface area contributed by atoms with E-state index in [0.29, 0.717) is 0 Å². The van der Waals surface area contributed by atoms with Crippen LogP contribution in [0.1, 0.15) is 25.8 Å². The van der Waals surface area contributed by atoms with Gasteiger partial charge in [0, 0.05) is 58.5 Å². The van der Waals surface area contributed by atoms with E-state index in [-0.39, 0.29) is 0 Å². The van der Waals surface area contributed by atoms with E-state index < -0.39 is 5.79 Å². The second kappa shape index (κ2) is 6.52. The molecule has 1 fully saturated rings. The zero-order valence-electron chi connectivity index (χ0n) is 14.8. The van der Waals surface area contributed by atoms with Gasteiger partial charge in [-0.05, 0) is 23.8 Å². The number of ether oxygens (including phenoxy) is 2. The van der Waals surface area contributed by atoms with Crippen LogP contribution in [0.3, 0.4) is 0 Å². The fourth-order valence-corrected chi connectivity index (χ4v) is 3.26. The lowest BCUT2D eigenvalue weighted by molar-refractivity contribution is -0.0640. The molecule has 3 heterocycles. The van der Waals surface area contributed by atoms with Crippen LogP contribution in [0, 0.1) is 0 Å². The molecular weight excluding hydrogens is 316 g/mol. The molecule has 0 spiro atoms. The minimum Gasteiger partial charge on any atom is -0.449 e. The third-order valence-corrected chi connectivity index (χ3v) is 4.92. The van der Waals surface area contributed by atoms with Gasteiger partial charge in [-0.25, -0.2) is 9.97 Å². The minimum atomic E-state index is -0.526. The molecule has 132 valence electrons. The molecule has 6 nitrogen and oxygen atoms in total. The molecule has 0 saturated carbocycles. The molecule has 0 amide bonds. The lowest BCUT2D eigenvalue weighted by Crippen LogP contribution is -2.46. The number of rotatable bonds is 4. The molecule has 0 radical (unpaired) electrons. The molecule has 0 bridgehead atoms. The molecule has 4 rings (SSSR count). The summed E-state index contributed by atoms with van der Waals surface area (Å²) < 4.78 is 11.9. The number of hydrogen-bond donors (Lipinski definition) is 0. The van der Waals surface area contributed by atoms with Gasteiger partial charge in [-0.2, -0.15) is 0 Å². The summed E-state index contributed by atoms with van der Waals surface area (Å²) in [5.74, 6) is 2.00. The molecule has 1 unspecified atom stereocenters. The average molecular weight is 340 g/mol. The average Bonchev–Trinajstić information content (AvgIpc) is 2.99. The Bertz CT molecular complexity index is 731. The standard InChI is InChI=1S/C19H24N4O2/c1-3-19(2)24-16-6-5-15(13-17(16)25-19)14-22-9-11-23(12-10-22)18-20-7-4-8-21-18/h4-8,13H,3,9-12,14H2,1-2H3. The van der Waals surface area contributed by atoms with Crippen LogP contribution in [0.15, 0.2) is 36.7 Å². The van der Waals surface area contributed by atoms with Gasteiger partial charge < -0.3 is 14.4 Å². The van der Waals surface area contributed by atoms with Crippen molar-refractivity contribution in [3.8, 4) is 11.5 Å². The van der Waals surface area contributed by atoms with E-state index in [4.69, 9.17) is 9.47 Å². The van der Waals surface area contributed by atoms with E-state index in [2.05, 4.69) is 38.8 Å². The van der Waals surface area contributed by atoms with Crippen molar-refractivity contribution < 1.29 is 9.47 Å². The van der Waals surface area contributed by atoms with E-state index in [9.17, 15) is 0 Å². The van der Waals surface area contributed by atoms with Crippen molar-refractivity contribution in [1.29, 1.82) is 0 Å². The van der Waals surface area contributed by atoms with Crippen LogP contribution in [0.4, 0.5) is 5.95 Å². The largest absolute Gasteiger partial charge is 0.449 e. The predicted molar refractivity (Wildman–Crippen MR) is 95.9 cm³/mol. The monoisotopic (exact) mass is 340 g/mol. The first-order valence-corrected chi connectivity index (χ1v) is 8.90. The van der Waals surface area contributed by atoms with E-state index in [1.807, 2.05) is 19.1 Å². The second-order valence-corrected chi connectivity index (χ2v) is 6.78. The molecule has 1 aromatic carbocycles. The maximum absolute atomic E-state index is 5.98. The zero-order chi connectivity index (χ0) is 17.3. The Hall–Kier alpha value is -2.34. The number of nitrogens with zero attached hydrogens (tertiary/aromatic N) is 4. The van der Waals surface area contributed by atoms with Gasteiger partial charge in [-0.3, -0.25) is 4.90 Å². The quantitative estimate of drug-likeness (QED) is 0.853. The first-order valence-electron chi connectivity index (χ1n) is 8.90. The topological polar surface area (TPSA) is 50.7 Å². The predicted octanol–water partition coefficient (Wildman–Crippen LogP) is 2.70. The molecule has 6 heteroatoms. The summed E-state index contributed by atoms with van der Waals surface area (Å²) in [6, 6.07) is 8.13. The molecule has 2 aromatic rings. The Kier molecular flexibility index (Phi) is 4.21. The van der Waals surface area contributed by atoms with E-state index in [1.165, 1.54) is 5.56 Å². The summed E-state index contributed by atoms with van der Waals surface area (Å²) in [4.78, 5) is 13.4. The van der Waals surface area contributed by atoms with Crippen LogP contribution in [0.2, 0.25) is 0 Å². The smallest absolute Gasteiger partial charge is 0.248 e. The summed E-state index contributed by atoms with van der Waals surface area (Å²) in [6.07, 6.45) is 4.41. The second-order valence-electron chi connectivity index (χ2n) is 6.78. The number of piperazine rings is 1. The van der Waals surface area contributed by atoms with Crippen molar-refractivity contribution in [2.24, 2.45) is 0 Å². The molecule has 1 saturated heterocycles. The molecule has 0 aliphatic carbocycles. The van der Waals surface area contributed by atoms with Crippen molar-refractivity contribution in [1.82, 2.24) is 14.9 Å². The van der Waals surface area contributed by atoms with Crippen molar-refractivity contribution in [3.05, 3.63) is 42.2 Å². The summed E-state index contributed by atoms with van der Waals surface area (Å²) in [7, 11) is 0. The van der Waals surface area contributed by atoms with Crippen molar-refractivity contribution in [3.63, 3.8) is 0 Å². The maximum atomic E-state index is 5.98. The fraction of sp³-hybridized carbons (Fsp3) is 0.474. The van der Waals surface area contributed by atoms with Crippen LogP contribution in [0.25, 0.3) is 0 Å². The van der Waals surface area contributed by atoms with Crippen molar-refractivity contribution in [2.45, 2.75) is 32.6 Å². The fourth-order valence-electron chi connectivity index (χ4n) is 3.26. The number of benzene rings is 1. The van der Waals surface area contributed by atoms with Gasteiger partial charge in [0.1, 0.15) is 0 Å². The van der Waals surface area contributed by atoms with Gasteiger partial charge >= 0.3 is 0 Å². The highest BCUT2D eigenvalue weighted by molar-refractivity contribution is 5.45. The number of fused-ring (bicyclic) bond motifs is 1. The first-order chi connectivity index (χ1) is 12.1.